The third-order valence-corrected chi connectivity index (χ3v) is 14.8. The molecule has 1 amide bonds. The van der Waals surface area contributed by atoms with Crippen molar-refractivity contribution in [2.24, 2.45) is 0 Å². The number of esters is 1. The first kappa shape index (κ1) is 74.2. The molecule has 0 rings (SSSR count). The first-order valence-electron chi connectivity index (χ1n) is 31.9. The van der Waals surface area contributed by atoms with Crippen LogP contribution in [0.25, 0.3) is 0 Å². The molecule has 0 fully saturated rings. The Kier molecular flexibility index (Phi) is 54.4. The molecule has 0 aromatic heterocycles. The Labute approximate surface area is 476 Å². The van der Waals surface area contributed by atoms with Crippen LogP contribution in [0.2, 0.25) is 0 Å². The van der Waals surface area contributed by atoms with Gasteiger partial charge in [-0.05, 0) is 83.1 Å². The predicted octanol–water partition coefficient (Wildman–Crippen LogP) is 19.8. The van der Waals surface area contributed by atoms with Gasteiger partial charge in [-0.2, -0.15) is 0 Å². The fraction of sp³-hybridized carbons (Fsp3) is 0.761. The maximum Gasteiger partial charge on any atom is 0.472 e. The summed E-state index contributed by atoms with van der Waals surface area (Å²) >= 11 is 0. The molecule has 0 heterocycles. The molecule has 2 N–H and O–H groups in total. The number of phosphoric ester groups is 1. The number of carbonyl (C=O) groups is 2. The smallest absolute Gasteiger partial charge is 0.456 e. The van der Waals surface area contributed by atoms with Crippen LogP contribution in [0, 0.1) is 0 Å². The highest BCUT2D eigenvalue weighted by Crippen LogP contribution is 2.43. The fourth-order valence-corrected chi connectivity index (χ4v) is 9.68. The Morgan fingerprint density at radius 1 is 0.468 bits per heavy atom. The largest absolute Gasteiger partial charge is 0.472 e. The molecule has 9 nitrogen and oxygen atoms in total. The van der Waals surface area contributed by atoms with E-state index in [1.807, 2.05) is 33.3 Å². The summed E-state index contributed by atoms with van der Waals surface area (Å²) in [6, 6.07) is -0.854. The number of likely N-dealkylation sites (N-methyl/N-ethyl adjacent to an activating group) is 1. The van der Waals surface area contributed by atoms with Crippen molar-refractivity contribution in [1.82, 2.24) is 5.32 Å². The Morgan fingerprint density at radius 3 is 1.25 bits per heavy atom. The van der Waals surface area contributed by atoms with Gasteiger partial charge in [-0.1, -0.05) is 267 Å². The lowest BCUT2D eigenvalue weighted by atomic mass is 10.0. The van der Waals surface area contributed by atoms with Crippen LogP contribution in [-0.4, -0.2) is 74.3 Å². The second-order valence-electron chi connectivity index (χ2n) is 22.6. The first-order chi connectivity index (χ1) is 37.4. The predicted molar refractivity (Wildman–Crippen MR) is 332 cm³/mol. The fourth-order valence-electron chi connectivity index (χ4n) is 8.94. The Hall–Kier alpha value is -2.81. The summed E-state index contributed by atoms with van der Waals surface area (Å²) in [4.78, 5) is 37.7. The number of hydrogen-bond acceptors (Lipinski definition) is 6. The van der Waals surface area contributed by atoms with Gasteiger partial charge in [-0.15, -0.1) is 0 Å². The molecular weight excluding hydrogens is 976 g/mol. The van der Waals surface area contributed by atoms with Crippen LogP contribution in [0.4, 0.5) is 0 Å². The van der Waals surface area contributed by atoms with E-state index < -0.39 is 20.0 Å². The van der Waals surface area contributed by atoms with E-state index >= 15 is 0 Å². The molecule has 0 bridgehead atoms. The zero-order valence-electron chi connectivity index (χ0n) is 50.9. The van der Waals surface area contributed by atoms with E-state index in [1.54, 1.807) is 0 Å². The second-order valence-corrected chi connectivity index (χ2v) is 24.0. The van der Waals surface area contributed by atoms with Crippen molar-refractivity contribution < 1.29 is 37.3 Å². The van der Waals surface area contributed by atoms with Crippen molar-refractivity contribution in [1.29, 1.82) is 0 Å². The number of amides is 1. The number of rotatable bonds is 57. The summed E-state index contributed by atoms with van der Waals surface area (Å²) in [6.07, 6.45) is 74.4. The van der Waals surface area contributed by atoms with E-state index in [0.29, 0.717) is 17.4 Å². The summed E-state index contributed by atoms with van der Waals surface area (Å²) in [5.74, 6) is -0.513. The SMILES string of the molecule is CC/C=C\C/C=C\C/C=C\C/C=C\C/C=C\C/C=C\CCCCCCCCCCC(=O)NC(COP(=O)(O)OCC[N+](C)(C)C)C(/C=C/CCCCCCCCCCCCC)OC(=O)CCCCCCCCCCCCC. The monoisotopic (exact) mass is 1100 g/mol. The average molecular weight is 1100 g/mol. The molecule has 0 aromatic carbocycles. The minimum absolute atomic E-state index is 0.0366. The molecule has 0 aliphatic heterocycles. The molecule has 0 radical (unpaired) electrons. The number of quaternary nitrogens is 1. The van der Waals surface area contributed by atoms with Gasteiger partial charge in [-0.3, -0.25) is 18.6 Å². The van der Waals surface area contributed by atoms with Crippen molar-refractivity contribution in [2.45, 2.75) is 290 Å². The minimum atomic E-state index is -4.45. The van der Waals surface area contributed by atoms with Crippen molar-refractivity contribution >= 4 is 19.7 Å². The number of unbranched alkanes of at least 4 members (excludes halogenated alkanes) is 29. The van der Waals surface area contributed by atoms with Gasteiger partial charge in [0.15, 0.2) is 0 Å². The lowest BCUT2D eigenvalue weighted by molar-refractivity contribution is -0.870. The molecule has 0 aliphatic carbocycles. The van der Waals surface area contributed by atoms with Crippen LogP contribution < -0.4 is 5.32 Å². The highest BCUT2D eigenvalue weighted by atomic mass is 31.2. The molecule has 0 aliphatic rings. The third-order valence-electron chi connectivity index (χ3n) is 13.8. The zero-order chi connectivity index (χ0) is 56.4. The maximum absolute atomic E-state index is 13.6. The molecule has 10 heteroatoms. The molecule has 3 atom stereocenters. The second kappa shape index (κ2) is 56.5. The van der Waals surface area contributed by atoms with E-state index in [9.17, 15) is 19.0 Å². The number of phosphoric acid groups is 1. The molecule has 0 saturated heterocycles. The quantitative estimate of drug-likeness (QED) is 0.0205. The van der Waals surface area contributed by atoms with Crippen molar-refractivity contribution in [3.8, 4) is 0 Å². The van der Waals surface area contributed by atoms with E-state index in [4.69, 9.17) is 13.8 Å². The topological polar surface area (TPSA) is 111 Å². The number of allylic oxidation sites excluding steroid dienone is 13. The number of hydrogen-bond donors (Lipinski definition) is 2. The van der Waals surface area contributed by atoms with Crippen LogP contribution in [-0.2, 0) is 27.9 Å². The summed E-state index contributed by atoms with van der Waals surface area (Å²) in [5, 5.41) is 3.05. The van der Waals surface area contributed by atoms with Crippen LogP contribution in [0.3, 0.4) is 0 Å². The Balaban J connectivity index is 5.10. The van der Waals surface area contributed by atoms with Gasteiger partial charge >= 0.3 is 13.8 Å². The van der Waals surface area contributed by atoms with E-state index in [0.717, 1.165) is 109 Å². The molecule has 0 spiro atoms. The van der Waals surface area contributed by atoms with Crippen LogP contribution in [0.15, 0.2) is 85.1 Å². The number of nitrogens with one attached hydrogen (secondary N) is 1. The van der Waals surface area contributed by atoms with Gasteiger partial charge < -0.3 is 19.4 Å². The lowest BCUT2D eigenvalue weighted by Crippen LogP contribution is -2.47. The van der Waals surface area contributed by atoms with Gasteiger partial charge in [0, 0.05) is 12.8 Å². The minimum Gasteiger partial charge on any atom is -0.456 e. The van der Waals surface area contributed by atoms with Crippen molar-refractivity contribution in [2.75, 3.05) is 40.9 Å². The molecule has 0 aromatic rings. The first-order valence-corrected chi connectivity index (χ1v) is 33.4. The number of nitrogens with zero attached hydrogens (tertiary/aromatic N) is 1. The lowest BCUT2D eigenvalue weighted by Gasteiger charge is -2.27. The molecule has 0 saturated carbocycles. The van der Waals surface area contributed by atoms with Gasteiger partial charge in [-0.25, -0.2) is 4.57 Å². The number of carbonyl (C=O) groups excluding carboxylic acids is 2. The van der Waals surface area contributed by atoms with Gasteiger partial charge in [0.05, 0.1) is 33.8 Å². The van der Waals surface area contributed by atoms with Crippen LogP contribution in [0.1, 0.15) is 278 Å². The molecular formula is C67H122N2O7P+. The number of ether oxygens (including phenoxy) is 1. The van der Waals surface area contributed by atoms with Crippen LogP contribution >= 0.6 is 7.82 Å². The van der Waals surface area contributed by atoms with Gasteiger partial charge in [0.2, 0.25) is 5.91 Å². The zero-order valence-corrected chi connectivity index (χ0v) is 51.8. The summed E-state index contributed by atoms with van der Waals surface area (Å²) in [5.41, 5.74) is 0. The molecule has 446 valence electrons. The van der Waals surface area contributed by atoms with E-state index in [2.05, 4.69) is 99.0 Å². The Morgan fingerprint density at radius 2 is 0.831 bits per heavy atom. The Bertz CT molecular complexity index is 1590. The highest BCUT2D eigenvalue weighted by Gasteiger charge is 2.30. The van der Waals surface area contributed by atoms with Gasteiger partial charge in [0.25, 0.3) is 0 Å². The van der Waals surface area contributed by atoms with Crippen molar-refractivity contribution in [3.05, 3.63) is 85.1 Å². The van der Waals surface area contributed by atoms with Crippen LogP contribution in [0.5, 0.6) is 0 Å². The maximum atomic E-state index is 13.6. The standard InChI is InChI=1S/C67H121N2O7P/c1-7-10-13-16-19-22-25-27-28-29-30-31-32-33-34-35-36-37-38-39-40-42-45-47-50-53-56-59-66(70)68-64(63-75-77(72,73)74-62-61-69(4,5)6)65(58-55-52-49-46-44-41-26-23-20-17-14-11-8-2)76-67(71)60-57-54-51-48-43-24-21-18-15-12-9-3/h10,13,19,22,27-28,30-31,33-34,36-37,55,58,64-65H,7-9,11-12,14-18,20-21,23-26,29,32,35,38-54,56-57,59-63H2,1-6H3,(H-,68,70,72,73)/p+1/b13-10-,22-19-,28-27-,31-30-,34-33-,37-36-,58-55+. The van der Waals surface area contributed by atoms with E-state index in [1.165, 1.54) is 135 Å². The normalized spacial score (nSPS) is 14.2. The summed E-state index contributed by atoms with van der Waals surface area (Å²) in [7, 11) is 1.49. The van der Waals surface area contributed by atoms with Gasteiger partial charge in [0.1, 0.15) is 19.3 Å². The highest BCUT2D eigenvalue weighted by molar-refractivity contribution is 7.47. The van der Waals surface area contributed by atoms with Crippen molar-refractivity contribution in [3.63, 3.8) is 0 Å². The third kappa shape index (κ3) is 57.7. The molecule has 3 unspecified atom stereocenters. The molecule has 77 heavy (non-hydrogen) atoms. The van der Waals surface area contributed by atoms with E-state index in [-0.39, 0.29) is 31.5 Å². The summed E-state index contributed by atoms with van der Waals surface area (Å²) < 4.78 is 30.7. The average Bonchev–Trinajstić information content (AvgIpc) is 3.39. The summed E-state index contributed by atoms with van der Waals surface area (Å²) in [6.45, 7) is 6.89.